The van der Waals surface area contributed by atoms with Crippen LogP contribution in [0.15, 0.2) is 29.2 Å². The van der Waals surface area contributed by atoms with Crippen molar-refractivity contribution in [1.82, 2.24) is 4.90 Å². The van der Waals surface area contributed by atoms with E-state index in [1.54, 1.807) is 0 Å². The Morgan fingerprint density at radius 1 is 1.47 bits per heavy atom. The second kappa shape index (κ2) is 5.56. The van der Waals surface area contributed by atoms with Crippen LogP contribution in [0.5, 0.6) is 0 Å². The molecule has 4 heteroatoms. The minimum atomic E-state index is 0.146. The van der Waals surface area contributed by atoms with Gasteiger partial charge in [-0.05, 0) is 24.6 Å². The number of hydrogen-bond acceptors (Lipinski definition) is 3. The summed E-state index contributed by atoms with van der Waals surface area (Å²) in [5.41, 5.74) is 1.03. The standard InChI is InChI=1S/C13H17NO2S/c1-10-9-14(6-7-16-10)13(15)8-11-2-4-12(17)5-3-11/h2-5,10,17H,6-9H2,1H3. The molecule has 0 saturated carbocycles. The highest BCUT2D eigenvalue weighted by atomic mass is 32.1. The lowest BCUT2D eigenvalue weighted by atomic mass is 10.1. The van der Waals surface area contributed by atoms with Gasteiger partial charge in [-0.1, -0.05) is 12.1 Å². The average molecular weight is 251 g/mol. The van der Waals surface area contributed by atoms with E-state index >= 15 is 0 Å². The van der Waals surface area contributed by atoms with Crippen LogP contribution >= 0.6 is 12.6 Å². The lowest BCUT2D eigenvalue weighted by Crippen LogP contribution is -2.45. The van der Waals surface area contributed by atoms with Crippen molar-refractivity contribution >= 4 is 18.5 Å². The van der Waals surface area contributed by atoms with Crippen molar-refractivity contribution in [2.24, 2.45) is 0 Å². The molecule has 3 nitrogen and oxygen atoms in total. The predicted octanol–water partition coefficient (Wildman–Crippen LogP) is 1.77. The monoisotopic (exact) mass is 251 g/mol. The minimum Gasteiger partial charge on any atom is -0.375 e. The van der Waals surface area contributed by atoms with E-state index in [0.29, 0.717) is 26.1 Å². The van der Waals surface area contributed by atoms with E-state index in [4.69, 9.17) is 4.74 Å². The van der Waals surface area contributed by atoms with E-state index in [1.807, 2.05) is 36.1 Å². The van der Waals surface area contributed by atoms with Crippen LogP contribution in [0, 0.1) is 0 Å². The largest absolute Gasteiger partial charge is 0.375 e. The first kappa shape index (κ1) is 12.5. The van der Waals surface area contributed by atoms with Crippen molar-refractivity contribution in [3.8, 4) is 0 Å². The summed E-state index contributed by atoms with van der Waals surface area (Å²) in [4.78, 5) is 14.8. The molecule has 1 saturated heterocycles. The highest BCUT2D eigenvalue weighted by Gasteiger charge is 2.21. The zero-order chi connectivity index (χ0) is 12.3. The molecular weight excluding hydrogens is 234 g/mol. The Morgan fingerprint density at radius 2 is 2.18 bits per heavy atom. The third-order valence-corrected chi connectivity index (χ3v) is 3.18. The van der Waals surface area contributed by atoms with Gasteiger partial charge in [0.2, 0.25) is 5.91 Å². The minimum absolute atomic E-state index is 0.146. The van der Waals surface area contributed by atoms with Crippen molar-refractivity contribution in [3.63, 3.8) is 0 Å². The van der Waals surface area contributed by atoms with Crippen LogP contribution < -0.4 is 0 Å². The number of nitrogens with zero attached hydrogens (tertiary/aromatic N) is 1. The van der Waals surface area contributed by atoms with Crippen molar-refractivity contribution in [2.45, 2.75) is 24.3 Å². The molecule has 0 radical (unpaired) electrons. The predicted molar refractivity (Wildman–Crippen MR) is 69.4 cm³/mol. The number of carbonyl (C=O) groups excluding carboxylic acids is 1. The Bertz CT molecular complexity index is 391. The molecule has 1 aromatic rings. The maximum atomic E-state index is 12.0. The van der Waals surface area contributed by atoms with Crippen LogP contribution in [0.3, 0.4) is 0 Å². The van der Waals surface area contributed by atoms with Gasteiger partial charge >= 0.3 is 0 Å². The first-order chi connectivity index (χ1) is 8.15. The van der Waals surface area contributed by atoms with E-state index in [1.165, 1.54) is 0 Å². The average Bonchev–Trinajstić information content (AvgIpc) is 2.32. The first-order valence-corrected chi connectivity index (χ1v) is 6.27. The van der Waals surface area contributed by atoms with E-state index < -0.39 is 0 Å². The Hall–Kier alpha value is -1.00. The highest BCUT2D eigenvalue weighted by molar-refractivity contribution is 7.80. The summed E-state index contributed by atoms with van der Waals surface area (Å²) >= 11 is 4.22. The molecule has 2 rings (SSSR count). The van der Waals surface area contributed by atoms with Gasteiger partial charge in [0.1, 0.15) is 0 Å². The number of morpholine rings is 1. The quantitative estimate of drug-likeness (QED) is 0.812. The molecule has 17 heavy (non-hydrogen) atoms. The summed E-state index contributed by atoms with van der Waals surface area (Å²) in [5.74, 6) is 0.173. The van der Waals surface area contributed by atoms with Gasteiger partial charge in [0, 0.05) is 18.0 Å². The highest BCUT2D eigenvalue weighted by Crippen LogP contribution is 2.11. The van der Waals surface area contributed by atoms with Gasteiger partial charge < -0.3 is 9.64 Å². The molecule has 1 atom stereocenters. The number of rotatable bonds is 2. The van der Waals surface area contributed by atoms with Crippen molar-refractivity contribution in [1.29, 1.82) is 0 Å². The van der Waals surface area contributed by atoms with Crippen LogP contribution in [-0.2, 0) is 16.0 Å². The van der Waals surface area contributed by atoms with Crippen LogP contribution in [0.1, 0.15) is 12.5 Å². The normalized spacial score (nSPS) is 20.4. The summed E-state index contributed by atoms with van der Waals surface area (Å²) < 4.78 is 5.42. The van der Waals surface area contributed by atoms with Crippen molar-refractivity contribution in [2.75, 3.05) is 19.7 Å². The van der Waals surface area contributed by atoms with Gasteiger partial charge in [0.25, 0.3) is 0 Å². The van der Waals surface area contributed by atoms with E-state index in [0.717, 1.165) is 10.5 Å². The molecule has 1 unspecified atom stereocenters. The van der Waals surface area contributed by atoms with E-state index in [2.05, 4.69) is 12.6 Å². The molecular formula is C13H17NO2S. The molecule has 1 aliphatic heterocycles. The van der Waals surface area contributed by atoms with Gasteiger partial charge in [-0.2, -0.15) is 0 Å². The van der Waals surface area contributed by atoms with E-state index in [-0.39, 0.29) is 12.0 Å². The second-order valence-electron chi connectivity index (χ2n) is 4.36. The molecule has 1 amide bonds. The molecule has 0 N–H and O–H groups in total. The number of amides is 1. The van der Waals surface area contributed by atoms with Gasteiger partial charge in [0.05, 0.1) is 19.1 Å². The fourth-order valence-corrected chi connectivity index (χ4v) is 2.09. The molecule has 0 bridgehead atoms. The SMILES string of the molecule is CC1CN(C(=O)Cc2ccc(S)cc2)CCO1. The second-order valence-corrected chi connectivity index (χ2v) is 4.88. The lowest BCUT2D eigenvalue weighted by Gasteiger charge is -2.31. The van der Waals surface area contributed by atoms with Crippen LogP contribution in [0.25, 0.3) is 0 Å². The number of thiol groups is 1. The smallest absolute Gasteiger partial charge is 0.227 e. The molecule has 1 aliphatic rings. The third kappa shape index (κ3) is 3.48. The molecule has 0 spiro atoms. The Balaban J connectivity index is 1.94. The van der Waals surface area contributed by atoms with Crippen LogP contribution in [-0.4, -0.2) is 36.6 Å². The fourth-order valence-electron chi connectivity index (χ4n) is 1.95. The molecule has 1 fully saturated rings. The summed E-state index contributed by atoms with van der Waals surface area (Å²) in [6.45, 7) is 4.04. The van der Waals surface area contributed by atoms with E-state index in [9.17, 15) is 4.79 Å². The number of ether oxygens (including phenoxy) is 1. The first-order valence-electron chi connectivity index (χ1n) is 5.82. The Morgan fingerprint density at radius 3 is 2.82 bits per heavy atom. The zero-order valence-electron chi connectivity index (χ0n) is 9.93. The summed E-state index contributed by atoms with van der Waals surface area (Å²) in [7, 11) is 0. The maximum absolute atomic E-state index is 12.0. The van der Waals surface area contributed by atoms with Gasteiger partial charge in [0.15, 0.2) is 0 Å². The molecule has 0 aromatic heterocycles. The third-order valence-electron chi connectivity index (χ3n) is 2.89. The van der Waals surface area contributed by atoms with Gasteiger partial charge in [-0.25, -0.2) is 0 Å². The van der Waals surface area contributed by atoms with Crippen molar-refractivity contribution < 1.29 is 9.53 Å². The summed E-state index contributed by atoms with van der Waals surface area (Å²) in [6, 6.07) is 7.72. The summed E-state index contributed by atoms with van der Waals surface area (Å²) in [6.07, 6.45) is 0.605. The Kier molecular flexibility index (Phi) is 4.07. The Labute approximate surface area is 107 Å². The molecule has 92 valence electrons. The zero-order valence-corrected chi connectivity index (χ0v) is 10.8. The number of carbonyl (C=O) groups is 1. The number of benzene rings is 1. The maximum Gasteiger partial charge on any atom is 0.227 e. The fraction of sp³-hybridized carbons (Fsp3) is 0.462. The number of hydrogen-bond donors (Lipinski definition) is 1. The van der Waals surface area contributed by atoms with Crippen LogP contribution in [0.4, 0.5) is 0 Å². The molecule has 1 heterocycles. The van der Waals surface area contributed by atoms with Crippen molar-refractivity contribution in [3.05, 3.63) is 29.8 Å². The van der Waals surface area contributed by atoms with Gasteiger partial charge in [-0.3, -0.25) is 4.79 Å². The molecule has 1 aromatic carbocycles. The lowest BCUT2D eigenvalue weighted by molar-refractivity contribution is -0.137. The molecule has 0 aliphatic carbocycles. The summed E-state index contributed by atoms with van der Waals surface area (Å²) in [5, 5.41) is 0. The van der Waals surface area contributed by atoms with Gasteiger partial charge in [-0.15, -0.1) is 12.6 Å². The van der Waals surface area contributed by atoms with Crippen LogP contribution in [0.2, 0.25) is 0 Å². The topological polar surface area (TPSA) is 29.5 Å².